The van der Waals surface area contributed by atoms with Crippen LogP contribution in [0.15, 0.2) is 29.2 Å². The van der Waals surface area contributed by atoms with Gasteiger partial charge in [-0.3, -0.25) is 14.8 Å². The molecule has 0 bridgehead atoms. The second kappa shape index (κ2) is 7.51. The molecule has 0 aliphatic heterocycles. The fourth-order valence-corrected chi connectivity index (χ4v) is 4.32. The Balaban J connectivity index is 2.14. The van der Waals surface area contributed by atoms with Gasteiger partial charge in [-0.25, -0.2) is 13.1 Å². The van der Waals surface area contributed by atoms with Gasteiger partial charge in [-0.05, 0) is 31.9 Å². The normalized spacial score (nSPS) is 13.0. The maximum absolute atomic E-state index is 12.5. The number of aryl methyl sites for hydroxylation is 2. The average molecular weight is 387 g/mol. The lowest BCUT2D eigenvalue weighted by molar-refractivity contribution is -0.387. The van der Waals surface area contributed by atoms with Gasteiger partial charge in [-0.15, -0.1) is 0 Å². The minimum Gasteiger partial charge on any atom is -0.269 e. The maximum Gasteiger partial charge on any atom is 0.290 e. The summed E-state index contributed by atoms with van der Waals surface area (Å²) in [5, 5.41) is 15.2. The predicted molar refractivity (Wildman–Crippen MR) is 94.2 cm³/mol. The summed E-state index contributed by atoms with van der Waals surface area (Å²) < 4.78 is 29.2. The summed E-state index contributed by atoms with van der Waals surface area (Å²) in [6.07, 6.45) is 0. The highest BCUT2D eigenvalue weighted by atomic mass is 35.5. The molecule has 1 N–H and O–H groups in total. The zero-order valence-corrected chi connectivity index (χ0v) is 15.6. The number of sulfonamides is 1. The van der Waals surface area contributed by atoms with E-state index in [1.54, 1.807) is 4.68 Å². The predicted octanol–water partition coefficient (Wildman–Crippen LogP) is 2.68. The number of rotatable bonds is 7. The van der Waals surface area contributed by atoms with Crippen molar-refractivity contribution in [3.63, 3.8) is 0 Å². The molecule has 0 saturated carbocycles. The summed E-state index contributed by atoms with van der Waals surface area (Å²) in [6.45, 7) is 6.28. The minimum atomic E-state index is -4.11. The summed E-state index contributed by atoms with van der Waals surface area (Å²) in [5.41, 5.74) is 1.32. The van der Waals surface area contributed by atoms with Crippen molar-refractivity contribution < 1.29 is 13.3 Å². The van der Waals surface area contributed by atoms with Crippen molar-refractivity contribution in [3.05, 3.63) is 50.8 Å². The van der Waals surface area contributed by atoms with Crippen LogP contribution >= 0.6 is 11.6 Å². The third kappa shape index (κ3) is 4.56. The van der Waals surface area contributed by atoms with Gasteiger partial charge in [-0.2, -0.15) is 5.10 Å². The first-order valence-electron chi connectivity index (χ1n) is 7.55. The second-order valence-corrected chi connectivity index (χ2v) is 8.02. The Labute approximate surface area is 151 Å². The van der Waals surface area contributed by atoms with Crippen LogP contribution in [0.3, 0.4) is 0 Å². The third-order valence-corrected chi connectivity index (χ3v) is 5.56. The second-order valence-electron chi connectivity index (χ2n) is 5.91. The van der Waals surface area contributed by atoms with E-state index in [9.17, 15) is 18.5 Å². The van der Waals surface area contributed by atoms with Crippen LogP contribution in [0.4, 0.5) is 5.69 Å². The molecule has 8 nitrogen and oxygen atoms in total. The third-order valence-electron chi connectivity index (χ3n) is 3.62. The van der Waals surface area contributed by atoms with E-state index in [4.69, 9.17) is 11.6 Å². The van der Waals surface area contributed by atoms with Crippen LogP contribution in [0.1, 0.15) is 18.3 Å². The first kappa shape index (κ1) is 19.4. The lowest BCUT2D eigenvalue weighted by Gasteiger charge is -2.15. The van der Waals surface area contributed by atoms with Gasteiger partial charge in [0, 0.05) is 24.8 Å². The van der Waals surface area contributed by atoms with Gasteiger partial charge in [0.1, 0.15) is 0 Å². The van der Waals surface area contributed by atoms with Gasteiger partial charge in [0.15, 0.2) is 4.90 Å². The van der Waals surface area contributed by atoms with E-state index in [1.807, 2.05) is 26.8 Å². The summed E-state index contributed by atoms with van der Waals surface area (Å²) in [4.78, 5) is 9.80. The van der Waals surface area contributed by atoms with Gasteiger partial charge in [0.2, 0.25) is 10.0 Å². The fourth-order valence-electron chi connectivity index (χ4n) is 2.45. The van der Waals surface area contributed by atoms with Crippen molar-refractivity contribution in [1.82, 2.24) is 14.5 Å². The fraction of sp³-hybridized carbons (Fsp3) is 0.400. The molecule has 1 atom stereocenters. The molecule has 0 aliphatic rings. The van der Waals surface area contributed by atoms with Crippen LogP contribution in [0, 0.1) is 29.9 Å². The summed E-state index contributed by atoms with van der Waals surface area (Å²) >= 11 is 5.89. The molecule has 25 heavy (non-hydrogen) atoms. The number of halogens is 1. The Morgan fingerprint density at radius 3 is 2.64 bits per heavy atom. The van der Waals surface area contributed by atoms with Gasteiger partial charge in [0.05, 0.1) is 15.6 Å². The lowest BCUT2D eigenvalue weighted by atomic mass is 10.2. The number of nitro benzene ring substituents is 1. The highest BCUT2D eigenvalue weighted by Gasteiger charge is 2.29. The highest BCUT2D eigenvalue weighted by molar-refractivity contribution is 7.89. The summed E-state index contributed by atoms with van der Waals surface area (Å²) in [5.74, 6) is -0.0747. The van der Waals surface area contributed by atoms with E-state index in [0.717, 1.165) is 17.5 Å². The Morgan fingerprint density at radius 2 is 2.08 bits per heavy atom. The van der Waals surface area contributed by atoms with Crippen molar-refractivity contribution >= 4 is 27.3 Å². The smallest absolute Gasteiger partial charge is 0.269 e. The standard InChI is InChI=1S/C15H19ClN4O4S/c1-10(9-19-12(3)7-11(2)18-19)8-17-25(23,24)15-13(16)5-4-6-14(15)20(21)22/h4-7,10,17H,8-9H2,1-3H3. The summed E-state index contributed by atoms with van der Waals surface area (Å²) in [7, 11) is -4.11. The number of nitrogens with one attached hydrogen (secondary N) is 1. The number of aromatic nitrogens is 2. The van der Waals surface area contributed by atoms with Crippen molar-refractivity contribution in [1.29, 1.82) is 0 Å². The molecule has 136 valence electrons. The Hall–Kier alpha value is -1.97. The lowest BCUT2D eigenvalue weighted by Crippen LogP contribution is -2.31. The van der Waals surface area contributed by atoms with Crippen molar-refractivity contribution in [3.8, 4) is 0 Å². The van der Waals surface area contributed by atoms with E-state index < -0.39 is 25.5 Å². The zero-order chi connectivity index (χ0) is 18.8. The average Bonchev–Trinajstić information content (AvgIpc) is 2.82. The molecule has 1 aromatic heterocycles. The quantitative estimate of drug-likeness (QED) is 0.581. The van der Waals surface area contributed by atoms with E-state index in [0.29, 0.717) is 6.54 Å². The van der Waals surface area contributed by atoms with Crippen molar-refractivity contribution in [2.24, 2.45) is 5.92 Å². The van der Waals surface area contributed by atoms with E-state index in [2.05, 4.69) is 9.82 Å². The first-order valence-corrected chi connectivity index (χ1v) is 9.41. The molecule has 0 amide bonds. The molecule has 2 aromatic rings. The molecule has 1 unspecified atom stereocenters. The van der Waals surface area contributed by atoms with Crippen LogP contribution < -0.4 is 4.72 Å². The van der Waals surface area contributed by atoms with Gasteiger partial charge in [0.25, 0.3) is 5.69 Å². The topological polar surface area (TPSA) is 107 Å². The van der Waals surface area contributed by atoms with Crippen molar-refractivity contribution in [2.75, 3.05) is 6.54 Å². The van der Waals surface area contributed by atoms with E-state index >= 15 is 0 Å². The molecule has 0 aliphatic carbocycles. The van der Waals surface area contributed by atoms with Crippen molar-refractivity contribution in [2.45, 2.75) is 32.2 Å². The van der Waals surface area contributed by atoms with E-state index in [1.165, 1.54) is 12.1 Å². The largest absolute Gasteiger partial charge is 0.290 e. The Kier molecular flexibility index (Phi) is 5.81. The van der Waals surface area contributed by atoms with Gasteiger partial charge >= 0.3 is 0 Å². The summed E-state index contributed by atoms with van der Waals surface area (Å²) in [6, 6.07) is 5.69. The number of nitrogens with zero attached hydrogens (tertiary/aromatic N) is 3. The first-order chi connectivity index (χ1) is 11.6. The van der Waals surface area contributed by atoms with Gasteiger partial charge in [-0.1, -0.05) is 24.6 Å². The monoisotopic (exact) mass is 386 g/mol. The molecular formula is C15H19ClN4O4S. The SMILES string of the molecule is Cc1cc(C)n(CC(C)CNS(=O)(=O)c2c(Cl)cccc2[N+](=O)[O-])n1. The number of nitro groups is 1. The number of hydrogen-bond acceptors (Lipinski definition) is 5. The maximum atomic E-state index is 12.5. The molecule has 0 fully saturated rings. The van der Waals surface area contributed by atoms with Crippen LogP contribution in [-0.4, -0.2) is 29.7 Å². The highest BCUT2D eigenvalue weighted by Crippen LogP contribution is 2.30. The zero-order valence-electron chi connectivity index (χ0n) is 14.1. The van der Waals surface area contributed by atoms with Crippen LogP contribution in [0.5, 0.6) is 0 Å². The molecule has 2 rings (SSSR count). The van der Waals surface area contributed by atoms with Crippen LogP contribution in [-0.2, 0) is 16.6 Å². The molecule has 1 heterocycles. The number of benzene rings is 1. The Bertz CT molecular complexity index is 895. The van der Waals surface area contributed by atoms with Gasteiger partial charge < -0.3 is 0 Å². The molecule has 10 heteroatoms. The molecule has 0 radical (unpaired) electrons. The number of hydrogen-bond donors (Lipinski definition) is 1. The van der Waals surface area contributed by atoms with E-state index in [-0.39, 0.29) is 17.5 Å². The van der Waals surface area contributed by atoms with Crippen LogP contribution in [0.2, 0.25) is 5.02 Å². The van der Waals surface area contributed by atoms with Crippen LogP contribution in [0.25, 0.3) is 0 Å². The Morgan fingerprint density at radius 1 is 1.40 bits per heavy atom. The molecule has 0 spiro atoms. The molecular weight excluding hydrogens is 368 g/mol. The minimum absolute atomic E-state index is 0.0747. The molecule has 1 aromatic carbocycles. The molecule has 0 saturated heterocycles.